The lowest BCUT2D eigenvalue weighted by molar-refractivity contribution is -0.00921. The highest BCUT2D eigenvalue weighted by molar-refractivity contribution is 6.21. The summed E-state index contributed by atoms with van der Waals surface area (Å²) < 4.78 is 5.39. The van der Waals surface area contributed by atoms with Crippen molar-refractivity contribution >= 4 is 11.8 Å². The molecule has 0 bridgehead atoms. The molecule has 2 amide bonds. The summed E-state index contributed by atoms with van der Waals surface area (Å²) in [7, 11) is 1.51. The Morgan fingerprint density at radius 1 is 0.905 bits per heavy atom. The molecule has 1 heterocycles. The number of carbonyl (C=O) groups excluding carboxylic acids is 2. The monoisotopic (exact) mass is 281 g/mol. The lowest BCUT2D eigenvalue weighted by Gasteiger charge is -2.24. The summed E-state index contributed by atoms with van der Waals surface area (Å²) in [5.74, 6) is -0.586. The first-order valence-electron chi connectivity index (χ1n) is 6.76. The zero-order chi connectivity index (χ0) is 14.8. The number of amides is 2. The summed E-state index contributed by atoms with van der Waals surface area (Å²) in [5.41, 5.74) is 1.90. The number of hydrogen-bond acceptors (Lipinski definition) is 3. The van der Waals surface area contributed by atoms with Gasteiger partial charge in [-0.15, -0.1) is 0 Å². The minimum atomic E-state index is -0.597. The summed E-state index contributed by atoms with van der Waals surface area (Å²) in [6.07, 6.45) is -0.122. The van der Waals surface area contributed by atoms with Gasteiger partial charge in [-0.25, -0.2) is 4.90 Å². The van der Waals surface area contributed by atoms with E-state index in [9.17, 15) is 9.59 Å². The summed E-state index contributed by atoms with van der Waals surface area (Å²) in [6.45, 7) is 0. The van der Waals surface area contributed by atoms with E-state index < -0.39 is 6.23 Å². The third kappa shape index (κ3) is 2.34. The van der Waals surface area contributed by atoms with Crippen molar-refractivity contribution in [2.75, 3.05) is 7.11 Å². The topological polar surface area (TPSA) is 46.6 Å². The normalized spacial score (nSPS) is 15.2. The molecule has 1 aliphatic heterocycles. The molecule has 1 aliphatic rings. The second-order valence-electron chi connectivity index (χ2n) is 4.91. The average Bonchev–Trinajstić information content (AvgIpc) is 2.78. The first-order chi connectivity index (χ1) is 10.2. The lowest BCUT2D eigenvalue weighted by Crippen LogP contribution is -2.42. The van der Waals surface area contributed by atoms with E-state index in [4.69, 9.17) is 4.74 Å². The Kier molecular flexibility index (Phi) is 3.54. The standard InChI is InChI=1S/C17H15NO3/c1-21-15(11-12-7-3-2-4-8-12)18-16(19)13-9-5-6-10-14(13)17(18)20/h2-10,15H,11H2,1H3. The van der Waals surface area contributed by atoms with E-state index in [2.05, 4.69) is 0 Å². The van der Waals surface area contributed by atoms with Crippen LogP contribution in [0.5, 0.6) is 0 Å². The maximum absolute atomic E-state index is 12.4. The summed E-state index contributed by atoms with van der Waals surface area (Å²) >= 11 is 0. The molecular weight excluding hydrogens is 266 g/mol. The van der Waals surface area contributed by atoms with Crippen LogP contribution in [0.3, 0.4) is 0 Å². The van der Waals surface area contributed by atoms with Gasteiger partial charge in [0.15, 0.2) is 0 Å². The molecule has 0 spiro atoms. The smallest absolute Gasteiger partial charge is 0.263 e. The molecule has 3 rings (SSSR count). The molecule has 4 nitrogen and oxygen atoms in total. The van der Waals surface area contributed by atoms with Crippen molar-refractivity contribution in [3.05, 3.63) is 71.3 Å². The highest BCUT2D eigenvalue weighted by Gasteiger charge is 2.39. The van der Waals surface area contributed by atoms with Crippen LogP contribution >= 0.6 is 0 Å². The molecule has 0 radical (unpaired) electrons. The van der Waals surface area contributed by atoms with Gasteiger partial charge >= 0.3 is 0 Å². The largest absolute Gasteiger partial charge is 0.361 e. The number of ether oxygens (including phenoxy) is 1. The molecule has 1 unspecified atom stereocenters. The maximum atomic E-state index is 12.4. The summed E-state index contributed by atoms with van der Waals surface area (Å²) in [4.78, 5) is 26.1. The molecule has 4 heteroatoms. The van der Waals surface area contributed by atoms with Gasteiger partial charge in [-0.1, -0.05) is 42.5 Å². The van der Waals surface area contributed by atoms with Crippen molar-refractivity contribution < 1.29 is 14.3 Å². The second kappa shape index (κ2) is 5.50. The molecule has 21 heavy (non-hydrogen) atoms. The van der Waals surface area contributed by atoms with Crippen LogP contribution in [0.1, 0.15) is 26.3 Å². The van der Waals surface area contributed by atoms with E-state index in [0.29, 0.717) is 17.5 Å². The predicted molar refractivity (Wildman–Crippen MR) is 77.9 cm³/mol. The molecule has 0 aromatic heterocycles. The molecular formula is C17H15NO3. The minimum Gasteiger partial charge on any atom is -0.361 e. The number of nitrogens with zero attached hydrogens (tertiary/aromatic N) is 1. The Hall–Kier alpha value is -2.46. The summed E-state index contributed by atoms with van der Waals surface area (Å²) in [6, 6.07) is 16.5. The van der Waals surface area contributed by atoms with Crippen LogP contribution in [0.15, 0.2) is 54.6 Å². The van der Waals surface area contributed by atoms with Gasteiger partial charge < -0.3 is 4.74 Å². The van der Waals surface area contributed by atoms with E-state index in [1.807, 2.05) is 30.3 Å². The molecule has 2 aromatic carbocycles. The van der Waals surface area contributed by atoms with Crippen molar-refractivity contribution in [2.24, 2.45) is 0 Å². The van der Waals surface area contributed by atoms with E-state index in [-0.39, 0.29) is 11.8 Å². The van der Waals surface area contributed by atoms with Gasteiger partial charge in [0.1, 0.15) is 6.23 Å². The first-order valence-corrected chi connectivity index (χ1v) is 6.76. The minimum absolute atomic E-state index is 0.293. The van der Waals surface area contributed by atoms with E-state index in [1.165, 1.54) is 12.0 Å². The Morgan fingerprint density at radius 3 is 1.95 bits per heavy atom. The fourth-order valence-corrected chi connectivity index (χ4v) is 2.57. The molecule has 0 fully saturated rings. The Balaban J connectivity index is 1.89. The fourth-order valence-electron chi connectivity index (χ4n) is 2.57. The van der Waals surface area contributed by atoms with Gasteiger partial charge in [-0.2, -0.15) is 0 Å². The number of hydrogen-bond donors (Lipinski definition) is 0. The van der Waals surface area contributed by atoms with Crippen LogP contribution in [-0.2, 0) is 11.2 Å². The number of rotatable bonds is 4. The highest BCUT2D eigenvalue weighted by atomic mass is 16.5. The number of imide groups is 1. The fraction of sp³-hybridized carbons (Fsp3) is 0.176. The van der Waals surface area contributed by atoms with Gasteiger partial charge in [0.2, 0.25) is 0 Å². The SMILES string of the molecule is COC(Cc1ccccc1)N1C(=O)c2ccccc2C1=O. The lowest BCUT2D eigenvalue weighted by atomic mass is 10.1. The second-order valence-corrected chi connectivity index (χ2v) is 4.91. The van der Waals surface area contributed by atoms with E-state index in [0.717, 1.165) is 5.56 Å². The molecule has 0 aliphatic carbocycles. The molecule has 0 saturated carbocycles. The van der Waals surface area contributed by atoms with Crippen LogP contribution in [0.2, 0.25) is 0 Å². The molecule has 0 saturated heterocycles. The van der Waals surface area contributed by atoms with Crippen LogP contribution in [0, 0.1) is 0 Å². The number of benzene rings is 2. The molecule has 2 aromatic rings. The Bertz CT molecular complexity index is 646. The number of fused-ring (bicyclic) bond motifs is 1. The number of methoxy groups -OCH3 is 1. The molecule has 1 atom stereocenters. The van der Waals surface area contributed by atoms with Crippen LogP contribution in [-0.4, -0.2) is 30.1 Å². The Morgan fingerprint density at radius 2 is 1.43 bits per heavy atom. The predicted octanol–water partition coefficient (Wildman–Crippen LogP) is 2.50. The van der Waals surface area contributed by atoms with Gasteiger partial charge in [-0.3, -0.25) is 9.59 Å². The third-order valence-corrected chi connectivity index (χ3v) is 3.64. The Labute approximate surface area is 123 Å². The van der Waals surface area contributed by atoms with Crippen molar-refractivity contribution in [2.45, 2.75) is 12.6 Å². The summed E-state index contributed by atoms with van der Waals surface area (Å²) in [5, 5.41) is 0. The zero-order valence-electron chi connectivity index (χ0n) is 11.7. The quantitative estimate of drug-likeness (QED) is 0.809. The van der Waals surface area contributed by atoms with Gasteiger partial charge in [-0.05, 0) is 17.7 Å². The van der Waals surface area contributed by atoms with Gasteiger partial charge in [0.25, 0.3) is 11.8 Å². The van der Waals surface area contributed by atoms with E-state index >= 15 is 0 Å². The van der Waals surface area contributed by atoms with E-state index in [1.54, 1.807) is 24.3 Å². The third-order valence-electron chi connectivity index (χ3n) is 3.64. The van der Waals surface area contributed by atoms with Crippen LogP contribution < -0.4 is 0 Å². The highest BCUT2D eigenvalue weighted by Crippen LogP contribution is 2.25. The number of carbonyl (C=O) groups is 2. The zero-order valence-corrected chi connectivity index (χ0v) is 11.7. The van der Waals surface area contributed by atoms with Crippen molar-refractivity contribution in [3.8, 4) is 0 Å². The van der Waals surface area contributed by atoms with Crippen molar-refractivity contribution in [1.29, 1.82) is 0 Å². The van der Waals surface area contributed by atoms with Crippen molar-refractivity contribution in [3.63, 3.8) is 0 Å². The van der Waals surface area contributed by atoms with Gasteiger partial charge in [0.05, 0.1) is 11.1 Å². The molecule has 0 N–H and O–H groups in total. The van der Waals surface area contributed by atoms with Crippen LogP contribution in [0.25, 0.3) is 0 Å². The average molecular weight is 281 g/mol. The molecule has 106 valence electrons. The van der Waals surface area contributed by atoms with Gasteiger partial charge in [0, 0.05) is 13.5 Å². The van der Waals surface area contributed by atoms with Crippen molar-refractivity contribution in [1.82, 2.24) is 4.90 Å². The maximum Gasteiger partial charge on any atom is 0.263 e. The first kappa shape index (κ1) is 13.5. The van der Waals surface area contributed by atoms with Crippen LogP contribution in [0.4, 0.5) is 0 Å².